The van der Waals surface area contributed by atoms with E-state index < -0.39 is 0 Å². The fourth-order valence-corrected chi connectivity index (χ4v) is 2.25. The van der Waals surface area contributed by atoms with Crippen LogP contribution in [0.5, 0.6) is 0 Å². The second kappa shape index (κ2) is 5.98. The molecule has 0 aromatic heterocycles. The number of carbonyl (C=O) groups excluding carboxylic acids is 1. The Morgan fingerprint density at radius 3 is 2.83 bits per heavy atom. The zero-order valence-corrected chi connectivity index (χ0v) is 11.1. The molecule has 0 bridgehead atoms. The lowest BCUT2D eigenvalue weighted by molar-refractivity contribution is -0.119. The van der Waals surface area contributed by atoms with Gasteiger partial charge in [-0.05, 0) is 19.1 Å². The van der Waals surface area contributed by atoms with Crippen LogP contribution in [0, 0.1) is 0 Å². The fraction of sp³-hybridized carbons (Fsp3) is 0.500. The minimum atomic E-state index is 0.148. The highest BCUT2D eigenvalue weighted by Gasteiger charge is 2.20. The van der Waals surface area contributed by atoms with E-state index in [4.69, 9.17) is 0 Å². The maximum absolute atomic E-state index is 12.2. The van der Waals surface area contributed by atoms with Gasteiger partial charge in [0, 0.05) is 38.4 Å². The summed E-state index contributed by atoms with van der Waals surface area (Å²) < 4.78 is 0. The number of amides is 1. The average molecular weight is 247 g/mol. The van der Waals surface area contributed by atoms with Crippen LogP contribution in [0.4, 0.5) is 5.69 Å². The maximum atomic E-state index is 12.2. The molecule has 1 heterocycles. The summed E-state index contributed by atoms with van der Waals surface area (Å²) in [6.07, 6.45) is 0. The molecule has 18 heavy (non-hydrogen) atoms. The molecule has 1 aromatic carbocycles. The number of nitrogens with zero attached hydrogens (tertiary/aromatic N) is 2. The van der Waals surface area contributed by atoms with Crippen LogP contribution in [0.2, 0.25) is 0 Å². The van der Waals surface area contributed by atoms with Crippen molar-refractivity contribution in [1.29, 1.82) is 0 Å². The zero-order chi connectivity index (χ0) is 13.0. The first-order chi connectivity index (χ1) is 8.66. The summed E-state index contributed by atoms with van der Waals surface area (Å²) in [5, 5.41) is 3.38. The average Bonchev–Trinajstić information content (AvgIpc) is 2.39. The quantitative estimate of drug-likeness (QED) is 0.863. The van der Waals surface area contributed by atoms with Gasteiger partial charge in [0.15, 0.2) is 0 Å². The van der Waals surface area contributed by atoms with E-state index >= 15 is 0 Å². The van der Waals surface area contributed by atoms with Gasteiger partial charge in [0.25, 0.3) is 0 Å². The van der Waals surface area contributed by atoms with Gasteiger partial charge in [-0.2, -0.15) is 0 Å². The third-order valence-electron chi connectivity index (χ3n) is 3.33. The molecule has 1 aliphatic heterocycles. The smallest absolute Gasteiger partial charge is 0.240 e. The van der Waals surface area contributed by atoms with Crippen molar-refractivity contribution in [3.8, 4) is 0 Å². The predicted molar refractivity (Wildman–Crippen MR) is 73.8 cm³/mol. The van der Waals surface area contributed by atoms with Crippen molar-refractivity contribution in [2.75, 3.05) is 38.1 Å². The number of hydrogen-bond donors (Lipinski definition) is 1. The van der Waals surface area contributed by atoms with Crippen LogP contribution in [-0.2, 0) is 4.79 Å². The number of anilines is 1. The number of benzene rings is 1. The predicted octanol–water partition coefficient (Wildman–Crippen LogP) is 0.943. The molecule has 4 heteroatoms. The number of rotatable bonds is 3. The Bertz CT molecular complexity index is 393. The number of piperazine rings is 1. The molecular weight excluding hydrogens is 226 g/mol. The molecule has 1 N–H and O–H groups in total. The van der Waals surface area contributed by atoms with Gasteiger partial charge < -0.3 is 10.2 Å². The van der Waals surface area contributed by atoms with Gasteiger partial charge in [0.2, 0.25) is 5.91 Å². The largest absolute Gasteiger partial charge is 0.314 e. The van der Waals surface area contributed by atoms with Crippen LogP contribution in [-0.4, -0.2) is 50.1 Å². The van der Waals surface area contributed by atoms with E-state index in [1.165, 1.54) is 0 Å². The third kappa shape index (κ3) is 3.31. The molecule has 1 atom stereocenters. The first-order valence-corrected chi connectivity index (χ1v) is 6.44. The molecule has 1 aliphatic rings. The number of likely N-dealkylation sites (N-methyl/N-ethyl adjacent to an activating group) is 1. The highest BCUT2D eigenvalue weighted by molar-refractivity contribution is 5.94. The van der Waals surface area contributed by atoms with E-state index in [2.05, 4.69) is 17.1 Å². The van der Waals surface area contributed by atoms with Crippen LogP contribution < -0.4 is 10.2 Å². The van der Waals surface area contributed by atoms with E-state index in [-0.39, 0.29) is 5.91 Å². The molecule has 0 aliphatic carbocycles. The Kier molecular flexibility index (Phi) is 4.33. The molecule has 0 spiro atoms. The molecule has 1 amide bonds. The summed E-state index contributed by atoms with van der Waals surface area (Å²) in [5.74, 6) is 0.148. The molecule has 0 unspecified atom stereocenters. The van der Waals surface area contributed by atoms with Gasteiger partial charge in [0.1, 0.15) is 0 Å². The summed E-state index contributed by atoms with van der Waals surface area (Å²) in [6, 6.07) is 10.2. The second-order valence-electron chi connectivity index (χ2n) is 4.88. The first-order valence-electron chi connectivity index (χ1n) is 6.44. The van der Waals surface area contributed by atoms with Crippen molar-refractivity contribution in [3.05, 3.63) is 30.3 Å². The number of nitrogens with one attached hydrogen (secondary N) is 1. The third-order valence-corrected chi connectivity index (χ3v) is 3.33. The normalized spacial score (nSPS) is 20.7. The highest BCUT2D eigenvalue weighted by Crippen LogP contribution is 2.11. The summed E-state index contributed by atoms with van der Waals surface area (Å²) in [5.41, 5.74) is 0.950. The molecule has 0 radical (unpaired) electrons. The van der Waals surface area contributed by atoms with E-state index in [0.717, 1.165) is 25.3 Å². The van der Waals surface area contributed by atoms with Crippen molar-refractivity contribution in [3.63, 3.8) is 0 Å². The summed E-state index contributed by atoms with van der Waals surface area (Å²) in [6.45, 7) is 5.49. The Morgan fingerprint density at radius 2 is 2.17 bits per heavy atom. The Morgan fingerprint density at radius 1 is 1.44 bits per heavy atom. The van der Waals surface area contributed by atoms with E-state index in [1.54, 1.807) is 4.90 Å². The molecule has 0 saturated carbocycles. The van der Waals surface area contributed by atoms with Crippen molar-refractivity contribution < 1.29 is 4.79 Å². The van der Waals surface area contributed by atoms with Gasteiger partial charge in [-0.25, -0.2) is 0 Å². The van der Waals surface area contributed by atoms with E-state index in [0.29, 0.717) is 12.6 Å². The van der Waals surface area contributed by atoms with Crippen LogP contribution in [0.25, 0.3) is 0 Å². The minimum absolute atomic E-state index is 0.148. The lowest BCUT2D eigenvalue weighted by Gasteiger charge is -2.32. The fourth-order valence-electron chi connectivity index (χ4n) is 2.25. The molecule has 98 valence electrons. The summed E-state index contributed by atoms with van der Waals surface area (Å²) >= 11 is 0. The molecule has 2 rings (SSSR count). The lowest BCUT2D eigenvalue weighted by atomic mass is 10.2. The molecule has 4 nitrogen and oxygen atoms in total. The van der Waals surface area contributed by atoms with Crippen LogP contribution in [0.1, 0.15) is 6.92 Å². The molecule has 1 aromatic rings. The number of para-hydroxylation sites is 1. The van der Waals surface area contributed by atoms with Crippen molar-refractivity contribution in [1.82, 2.24) is 10.2 Å². The van der Waals surface area contributed by atoms with Gasteiger partial charge in [-0.1, -0.05) is 18.2 Å². The topological polar surface area (TPSA) is 35.6 Å². The second-order valence-corrected chi connectivity index (χ2v) is 4.88. The van der Waals surface area contributed by atoms with Gasteiger partial charge in [-0.3, -0.25) is 9.69 Å². The summed E-state index contributed by atoms with van der Waals surface area (Å²) in [4.78, 5) is 16.1. The number of hydrogen-bond acceptors (Lipinski definition) is 3. The van der Waals surface area contributed by atoms with Gasteiger partial charge in [-0.15, -0.1) is 0 Å². The minimum Gasteiger partial charge on any atom is -0.314 e. The monoisotopic (exact) mass is 247 g/mol. The lowest BCUT2D eigenvalue weighted by Crippen LogP contribution is -2.52. The SMILES string of the molecule is C[C@H]1CN(CC(=O)N(C)c2ccccc2)CCN1. The Hall–Kier alpha value is -1.39. The summed E-state index contributed by atoms with van der Waals surface area (Å²) in [7, 11) is 1.84. The van der Waals surface area contributed by atoms with Crippen molar-refractivity contribution >= 4 is 11.6 Å². The van der Waals surface area contributed by atoms with Crippen LogP contribution in [0.3, 0.4) is 0 Å². The van der Waals surface area contributed by atoms with Crippen molar-refractivity contribution in [2.24, 2.45) is 0 Å². The zero-order valence-electron chi connectivity index (χ0n) is 11.1. The first kappa shape index (κ1) is 13.1. The van der Waals surface area contributed by atoms with E-state index in [1.807, 2.05) is 37.4 Å². The number of carbonyl (C=O) groups is 1. The van der Waals surface area contributed by atoms with Crippen LogP contribution >= 0.6 is 0 Å². The standard InChI is InChI=1S/C14H21N3O/c1-12-10-17(9-8-15-12)11-14(18)16(2)13-6-4-3-5-7-13/h3-7,12,15H,8-11H2,1-2H3/t12-/m0/s1. The van der Waals surface area contributed by atoms with E-state index in [9.17, 15) is 4.79 Å². The highest BCUT2D eigenvalue weighted by atomic mass is 16.2. The van der Waals surface area contributed by atoms with Gasteiger partial charge >= 0.3 is 0 Å². The Balaban J connectivity index is 1.91. The van der Waals surface area contributed by atoms with Gasteiger partial charge in [0.05, 0.1) is 6.54 Å². The molecular formula is C14H21N3O. The molecule has 1 fully saturated rings. The molecule has 1 saturated heterocycles. The van der Waals surface area contributed by atoms with Crippen molar-refractivity contribution in [2.45, 2.75) is 13.0 Å². The maximum Gasteiger partial charge on any atom is 0.240 e. The Labute approximate surface area is 109 Å². The van der Waals surface area contributed by atoms with Crippen LogP contribution in [0.15, 0.2) is 30.3 Å².